The number of aliphatic hydroxyl groups is 1. The molecule has 1 atom stereocenters. The van der Waals surface area contributed by atoms with Gasteiger partial charge in [-0.3, -0.25) is 0 Å². The minimum atomic E-state index is -0.110. The molecule has 0 bridgehead atoms. The molecule has 0 aliphatic carbocycles. The molecule has 0 fully saturated rings. The van der Waals surface area contributed by atoms with Crippen molar-refractivity contribution >= 4 is 0 Å². The predicted octanol–water partition coefficient (Wildman–Crippen LogP) is 0.828. The fourth-order valence-electron chi connectivity index (χ4n) is 0.538. The molecule has 0 aliphatic heterocycles. The fourth-order valence-corrected chi connectivity index (χ4v) is 0.538. The summed E-state index contributed by atoms with van der Waals surface area (Å²) in [6.45, 7) is 3.62. The Balaban J connectivity index is 3.24. The van der Waals surface area contributed by atoms with Crippen molar-refractivity contribution in [1.82, 2.24) is 0 Å². The molecule has 0 aromatic carbocycles. The van der Waals surface area contributed by atoms with E-state index in [9.17, 15) is 0 Å². The maximum atomic E-state index is 8.51. The summed E-state index contributed by atoms with van der Waals surface area (Å²) in [5, 5.41) is 8.51. The summed E-state index contributed by atoms with van der Waals surface area (Å²) in [6.07, 6.45) is 7.38. The molecule has 0 aromatic rings. The highest BCUT2D eigenvalue weighted by Crippen LogP contribution is 1.90. The maximum absolute atomic E-state index is 8.51. The van der Waals surface area contributed by atoms with Crippen LogP contribution in [0.4, 0.5) is 0 Å². The van der Waals surface area contributed by atoms with E-state index in [-0.39, 0.29) is 12.6 Å². The minimum Gasteiger partial charge on any atom is -0.395 e. The third-order valence-electron chi connectivity index (χ3n) is 1.14. The van der Waals surface area contributed by atoms with Crippen LogP contribution in [0.3, 0.4) is 0 Å². The molecule has 0 spiro atoms. The van der Waals surface area contributed by atoms with Gasteiger partial charge in [0.1, 0.15) is 0 Å². The molecule has 0 amide bonds. The Bertz CT molecular complexity index is 110. The van der Waals surface area contributed by atoms with E-state index in [4.69, 9.17) is 10.8 Å². The molecule has 2 heteroatoms. The minimum absolute atomic E-state index is 0.0540. The second kappa shape index (κ2) is 6.52. The molecule has 0 aromatic heterocycles. The molecule has 0 heterocycles. The smallest absolute Gasteiger partial charge is 0.0585 e. The van der Waals surface area contributed by atoms with E-state index in [1.807, 2.05) is 18.2 Å². The van der Waals surface area contributed by atoms with Crippen molar-refractivity contribution in [2.75, 3.05) is 6.61 Å². The summed E-state index contributed by atoms with van der Waals surface area (Å²) in [4.78, 5) is 0. The Morgan fingerprint density at radius 3 is 2.70 bits per heavy atom. The Labute approximate surface area is 62.0 Å². The zero-order valence-electron chi connectivity index (χ0n) is 6.16. The van der Waals surface area contributed by atoms with Gasteiger partial charge in [-0.15, -0.1) is 6.58 Å². The summed E-state index contributed by atoms with van der Waals surface area (Å²) >= 11 is 0. The molecule has 0 unspecified atom stereocenters. The van der Waals surface area contributed by atoms with Crippen LogP contribution in [0.2, 0.25) is 0 Å². The van der Waals surface area contributed by atoms with Crippen LogP contribution in [0.25, 0.3) is 0 Å². The number of allylic oxidation sites excluding steroid dienone is 2. The van der Waals surface area contributed by atoms with Gasteiger partial charge in [0.15, 0.2) is 0 Å². The van der Waals surface area contributed by atoms with Crippen LogP contribution in [0.15, 0.2) is 24.8 Å². The standard InChI is InChI=1S/C8H15NO/c1-2-3-4-5-6-8(9)7-10/h2,4-5,8,10H,1,3,6-7,9H2/b5-4-/t8-/m0/s1. The highest BCUT2D eigenvalue weighted by atomic mass is 16.3. The second-order valence-electron chi connectivity index (χ2n) is 2.17. The molecule has 0 radical (unpaired) electrons. The number of nitrogens with two attached hydrogens (primary N) is 1. The first-order chi connectivity index (χ1) is 4.81. The van der Waals surface area contributed by atoms with E-state index in [1.165, 1.54) is 0 Å². The van der Waals surface area contributed by atoms with Crippen molar-refractivity contribution < 1.29 is 5.11 Å². The van der Waals surface area contributed by atoms with Crippen LogP contribution in [-0.2, 0) is 0 Å². The van der Waals surface area contributed by atoms with Crippen LogP contribution >= 0.6 is 0 Å². The molecule has 10 heavy (non-hydrogen) atoms. The number of hydrogen-bond donors (Lipinski definition) is 2. The average Bonchev–Trinajstić information content (AvgIpc) is 1.98. The molecule has 3 N–H and O–H groups in total. The highest BCUT2D eigenvalue weighted by Gasteiger charge is 1.93. The van der Waals surface area contributed by atoms with Gasteiger partial charge in [0.05, 0.1) is 6.61 Å². The zero-order chi connectivity index (χ0) is 7.82. The van der Waals surface area contributed by atoms with Gasteiger partial charge in [-0.2, -0.15) is 0 Å². The van der Waals surface area contributed by atoms with Gasteiger partial charge < -0.3 is 10.8 Å². The fraction of sp³-hybridized carbons (Fsp3) is 0.500. The maximum Gasteiger partial charge on any atom is 0.0585 e. The first kappa shape index (κ1) is 9.40. The van der Waals surface area contributed by atoms with E-state index in [0.717, 1.165) is 12.8 Å². The van der Waals surface area contributed by atoms with Crippen molar-refractivity contribution in [3.05, 3.63) is 24.8 Å². The van der Waals surface area contributed by atoms with Gasteiger partial charge in [0.2, 0.25) is 0 Å². The largest absolute Gasteiger partial charge is 0.395 e. The molecule has 2 nitrogen and oxygen atoms in total. The number of hydrogen-bond acceptors (Lipinski definition) is 2. The van der Waals surface area contributed by atoms with Crippen molar-refractivity contribution in [1.29, 1.82) is 0 Å². The number of rotatable bonds is 5. The first-order valence-corrected chi connectivity index (χ1v) is 3.43. The lowest BCUT2D eigenvalue weighted by Crippen LogP contribution is -2.22. The summed E-state index contributed by atoms with van der Waals surface area (Å²) in [7, 11) is 0. The van der Waals surface area contributed by atoms with E-state index in [1.54, 1.807) is 0 Å². The number of aliphatic hydroxyl groups excluding tert-OH is 1. The third kappa shape index (κ3) is 5.54. The van der Waals surface area contributed by atoms with Gasteiger partial charge in [-0.25, -0.2) is 0 Å². The second-order valence-corrected chi connectivity index (χ2v) is 2.17. The SMILES string of the molecule is C=CC/C=C\C[C@H](N)CO. The van der Waals surface area contributed by atoms with Crippen molar-refractivity contribution in [3.63, 3.8) is 0 Å². The van der Waals surface area contributed by atoms with Gasteiger partial charge in [0, 0.05) is 6.04 Å². The highest BCUT2D eigenvalue weighted by molar-refractivity contribution is 4.90. The lowest BCUT2D eigenvalue weighted by atomic mass is 10.2. The van der Waals surface area contributed by atoms with Gasteiger partial charge in [-0.05, 0) is 12.8 Å². The van der Waals surface area contributed by atoms with Crippen molar-refractivity contribution in [2.24, 2.45) is 5.73 Å². The van der Waals surface area contributed by atoms with E-state index in [0.29, 0.717) is 0 Å². The van der Waals surface area contributed by atoms with Crippen LogP contribution in [0.1, 0.15) is 12.8 Å². The topological polar surface area (TPSA) is 46.2 Å². The van der Waals surface area contributed by atoms with E-state index >= 15 is 0 Å². The van der Waals surface area contributed by atoms with Crippen LogP contribution in [-0.4, -0.2) is 17.8 Å². The van der Waals surface area contributed by atoms with E-state index < -0.39 is 0 Å². The lowest BCUT2D eigenvalue weighted by molar-refractivity contribution is 0.266. The Kier molecular flexibility index (Phi) is 6.13. The Hall–Kier alpha value is -0.600. The Morgan fingerprint density at radius 1 is 1.50 bits per heavy atom. The molecule has 58 valence electrons. The predicted molar refractivity (Wildman–Crippen MR) is 43.6 cm³/mol. The van der Waals surface area contributed by atoms with Crippen LogP contribution in [0, 0.1) is 0 Å². The van der Waals surface area contributed by atoms with Crippen LogP contribution in [0.5, 0.6) is 0 Å². The normalized spacial score (nSPS) is 13.8. The summed E-state index contributed by atoms with van der Waals surface area (Å²) in [5.41, 5.74) is 5.43. The van der Waals surface area contributed by atoms with Crippen molar-refractivity contribution in [2.45, 2.75) is 18.9 Å². The summed E-state index contributed by atoms with van der Waals surface area (Å²) < 4.78 is 0. The molecule has 0 rings (SSSR count). The average molecular weight is 141 g/mol. The summed E-state index contributed by atoms with van der Waals surface area (Å²) in [6, 6.07) is -0.110. The van der Waals surface area contributed by atoms with Gasteiger partial charge in [0.25, 0.3) is 0 Å². The third-order valence-corrected chi connectivity index (χ3v) is 1.14. The molecular formula is C8H15NO. The first-order valence-electron chi connectivity index (χ1n) is 3.43. The summed E-state index contributed by atoms with van der Waals surface area (Å²) in [5.74, 6) is 0. The molecule has 0 saturated heterocycles. The lowest BCUT2D eigenvalue weighted by Gasteiger charge is -2.01. The molecule has 0 aliphatic rings. The quantitative estimate of drug-likeness (QED) is 0.557. The Morgan fingerprint density at radius 2 is 2.20 bits per heavy atom. The molecular weight excluding hydrogens is 126 g/mol. The van der Waals surface area contributed by atoms with E-state index in [2.05, 4.69) is 6.58 Å². The molecule has 0 saturated carbocycles. The zero-order valence-corrected chi connectivity index (χ0v) is 6.16. The van der Waals surface area contributed by atoms with Gasteiger partial charge in [-0.1, -0.05) is 18.2 Å². The van der Waals surface area contributed by atoms with Crippen molar-refractivity contribution in [3.8, 4) is 0 Å². The monoisotopic (exact) mass is 141 g/mol. The van der Waals surface area contributed by atoms with Gasteiger partial charge >= 0.3 is 0 Å². The van der Waals surface area contributed by atoms with Crippen LogP contribution < -0.4 is 5.73 Å².